The van der Waals surface area contributed by atoms with Crippen LogP contribution in [0.4, 0.5) is 0 Å². The fraction of sp³-hybridized carbons (Fsp3) is 0.588. The molecular weight excluding hydrogens is 280 g/mol. The highest BCUT2D eigenvalue weighted by Crippen LogP contribution is 2.19. The van der Waals surface area contributed by atoms with Crippen molar-refractivity contribution in [2.45, 2.75) is 57.5 Å². The quantitative estimate of drug-likeness (QED) is 0.513. The van der Waals surface area contributed by atoms with Crippen LogP contribution in [0.1, 0.15) is 45.6 Å². The Morgan fingerprint density at radius 2 is 2.10 bits per heavy atom. The molecule has 1 atom stereocenters. The van der Waals surface area contributed by atoms with Crippen LogP contribution in [0.3, 0.4) is 0 Å². The van der Waals surface area contributed by atoms with Gasteiger partial charge in [0.25, 0.3) is 0 Å². The van der Waals surface area contributed by atoms with E-state index in [1.807, 2.05) is 0 Å². The topological polar surface area (TPSA) is 41.1 Å². The van der Waals surface area contributed by atoms with Crippen molar-refractivity contribution in [2.24, 2.45) is 0 Å². The lowest BCUT2D eigenvalue weighted by atomic mass is 10.2. The molecule has 0 aliphatic carbocycles. The molecule has 1 unspecified atom stereocenters. The molecule has 2 N–H and O–H groups in total. The molecule has 118 valence electrons. The lowest BCUT2D eigenvalue weighted by Crippen LogP contribution is -2.33. The van der Waals surface area contributed by atoms with Crippen LogP contribution in [0.2, 0.25) is 0 Å². The third-order valence-corrected chi connectivity index (χ3v) is 4.15. The number of rotatable bonds is 10. The van der Waals surface area contributed by atoms with Gasteiger partial charge < -0.3 is 10.6 Å². The van der Waals surface area contributed by atoms with Gasteiger partial charge in [0.15, 0.2) is 0 Å². The van der Waals surface area contributed by atoms with Gasteiger partial charge in [-0.1, -0.05) is 32.4 Å². The summed E-state index contributed by atoms with van der Waals surface area (Å²) in [5.41, 5.74) is 1.27. The van der Waals surface area contributed by atoms with Crippen molar-refractivity contribution in [2.75, 3.05) is 12.3 Å². The summed E-state index contributed by atoms with van der Waals surface area (Å²) < 4.78 is 0. The third-order valence-electron chi connectivity index (χ3n) is 3.15. The summed E-state index contributed by atoms with van der Waals surface area (Å²) in [6.07, 6.45) is 3.28. The predicted octanol–water partition coefficient (Wildman–Crippen LogP) is 3.58. The molecule has 0 bridgehead atoms. The number of carbonyl (C=O) groups is 1. The number of nitrogens with one attached hydrogen (secondary N) is 2. The SMILES string of the molecule is CCCNCc1cccc(SCC(=O)NC(C)CCC)c1. The van der Waals surface area contributed by atoms with Gasteiger partial charge in [-0.05, 0) is 44.0 Å². The Morgan fingerprint density at radius 3 is 2.81 bits per heavy atom. The molecule has 0 saturated heterocycles. The zero-order valence-electron chi connectivity index (χ0n) is 13.4. The average Bonchev–Trinajstić information content (AvgIpc) is 2.46. The van der Waals surface area contributed by atoms with Gasteiger partial charge in [-0.2, -0.15) is 0 Å². The van der Waals surface area contributed by atoms with Crippen LogP contribution in [-0.2, 0) is 11.3 Å². The van der Waals surface area contributed by atoms with Crippen LogP contribution in [0.25, 0.3) is 0 Å². The van der Waals surface area contributed by atoms with Crippen LogP contribution in [0.5, 0.6) is 0 Å². The molecule has 0 aliphatic rings. The Bertz CT molecular complexity index is 423. The van der Waals surface area contributed by atoms with Crippen molar-refractivity contribution < 1.29 is 4.79 Å². The number of thioether (sulfide) groups is 1. The second-order valence-corrected chi connectivity index (χ2v) is 6.42. The summed E-state index contributed by atoms with van der Waals surface area (Å²) in [5.74, 6) is 0.607. The molecule has 1 aromatic rings. The number of hydrogen-bond acceptors (Lipinski definition) is 3. The van der Waals surface area contributed by atoms with Crippen molar-refractivity contribution in [3.8, 4) is 0 Å². The Balaban J connectivity index is 2.37. The summed E-state index contributed by atoms with van der Waals surface area (Å²) in [4.78, 5) is 13.0. The fourth-order valence-electron chi connectivity index (χ4n) is 2.13. The first kappa shape index (κ1) is 18.1. The molecule has 0 spiro atoms. The van der Waals surface area contributed by atoms with Gasteiger partial charge in [0.05, 0.1) is 5.75 Å². The first-order valence-electron chi connectivity index (χ1n) is 7.87. The lowest BCUT2D eigenvalue weighted by Gasteiger charge is -2.12. The van der Waals surface area contributed by atoms with E-state index in [4.69, 9.17) is 0 Å². The normalized spacial score (nSPS) is 12.1. The van der Waals surface area contributed by atoms with Gasteiger partial charge in [0.2, 0.25) is 5.91 Å². The summed E-state index contributed by atoms with van der Waals surface area (Å²) in [6, 6.07) is 8.68. The molecular formula is C17H28N2OS. The number of benzene rings is 1. The highest BCUT2D eigenvalue weighted by Gasteiger charge is 2.07. The van der Waals surface area contributed by atoms with E-state index in [9.17, 15) is 4.79 Å². The van der Waals surface area contributed by atoms with Gasteiger partial charge in [0.1, 0.15) is 0 Å². The van der Waals surface area contributed by atoms with Crippen molar-refractivity contribution in [3.05, 3.63) is 29.8 Å². The predicted molar refractivity (Wildman–Crippen MR) is 91.7 cm³/mol. The largest absolute Gasteiger partial charge is 0.353 e. The Hall–Kier alpha value is -1.00. The van der Waals surface area contributed by atoms with Gasteiger partial charge in [-0.3, -0.25) is 4.79 Å². The molecule has 21 heavy (non-hydrogen) atoms. The zero-order valence-corrected chi connectivity index (χ0v) is 14.3. The third kappa shape index (κ3) is 8.12. The van der Waals surface area contributed by atoms with Crippen LogP contribution >= 0.6 is 11.8 Å². The van der Waals surface area contributed by atoms with Gasteiger partial charge >= 0.3 is 0 Å². The monoisotopic (exact) mass is 308 g/mol. The first-order chi connectivity index (χ1) is 10.2. The second kappa shape index (κ2) is 10.7. The van der Waals surface area contributed by atoms with E-state index in [0.29, 0.717) is 5.75 Å². The molecule has 3 nitrogen and oxygen atoms in total. The highest BCUT2D eigenvalue weighted by molar-refractivity contribution is 8.00. The van der Waals surface area contributed by atoms with Gasteiger partial charge in [0, 0.05) is 17.5 Å². The number of carbonyl (C=O) groups excluding carboxylic acids is 1. The minimum absolute atomic E-state index is 0.121. The molecule has 1 rings (SSSR count). The summed E-state index contributed by atoms with van der Waals surface area (Å²) in [6.45, 7) is 8.29. The zero-order chi connectivity index (χ0) is 15.5. The molecule has 0 aromatic heterocycles. The van der Waals surface area contributed by atoms with Crippen molar-refractivity contribution >= 4 is 17.7 Å². The lowest BCUT2D eigenvalue weighted by molar-refractivity contribution is -0.119. The van der Waals surface area contributed by atoms with E-state index in [2.05, 4.69) is 55.7 Å². The van der Waals surface area contributed by atoms with E-state index in [1.165, 1.54) is 5.56 Å². The minimum atomic E-state index is 0.121. The van der Waals surface area contributed by atoms with Crippen LogP contribution < -0.4 is 10.6 Å². The maximum absolute atomic E-state index is 11.9. The molecule has 0 aliphatic heterocycles. The van der Waals surface area contributed by atoms with E-state index >= 15 is 0 Å². The standard InChI is InChI=1S/C17H28N2OS/c1-4-7-14(3)19-17(20)13-21-16-9-6-8-15(11-16)12-18-10-5-2/h6,8-9,11,14,18H,4-5,7,10,12-13H2,1-3H3,(H,19,20). The highest BCUT2D eigenvalue weighted by atomic mass is 32.2. The van der Waals surface area contributed by atoms with E-state index in [-0.39, 0.29) is 11.9 Å². The summed E-state index contributed by atoms with van der Waals surface area (Å²) in [5, 5.41) is 6.43. The molecule has 0 fully saturated rings. The molecule has 1 aromatic carbocycles. The van der Waals surface area contributed by atoms with E-state index < -0.39 is 0 Å². The minimum Gasteiger partial charge on any atom is -0.353 e. The molecule has 1 amide bonds. The van der Waals surface area contributed by atoms with E-state index in [1.54, 1.807) is 11.8 Å². The van der Waals surface area contributed by atoms with Crippen molar-refractivity contribution in [1.29, 1.82) is 0 Å². The summed E-state index contributed by atoms with van der Waals surface area (Å²) >= 11 is 1.60. The Morgan fingerprint density at radius 1 is 1.29 bits per heavy atom. The molecule has 0 heterocycles. The first-order valence-corrected chi connectivity index (χ1v) is 8.86. The Labute approximate surface area is 133 Å². The van der Waals surface area contributed by atoms with Crippen molar-refractivity contribution in [3.63, 3.8) is 0 Å². The van der Waals surface area contributed by atoms with Crippen molar-refractivity contribution in [1.82, 2.24) is 10.6 Å². The maximum atomic E-state index is 11.9. The Kier molecular flexibility index (Phi) is 9.19. The average molecular weight is 308 g/mol. The van der Waals surface area contributed by atoms with Crippen LogP contribution in [-0.4, -0.2) is 24.2 Å². The number of amides is 1. The van der Waals surface area contributed by atoms with Gasteiger partial charge in [-0.25, -0.2) is 0 Å². The second-order valence-electron chi connectivity index (χ2n) is 5.37. The molecule has 0 saturated carbocycles. The summed E-state index contributed by atoms with van der Waals surface area (Å²) in [7, 11) is 0. The molecule has 0 radical (unpaired) electrons. The fourth-order valence-corrected chi connectivity index (χ4v) is 2.92. The van der Waals surface area contributed by atoms with Crippen LogP contribution in [0, 0.1) is 0 Å². The maximum Gasteiger partial charge on any atom is 0.230 e. The van der Waals surface area contributed by atoms with Gasteiger partial charge in [-0.15, -0.1) is 11.8 Å². The van der Waals surface area contributed by atoms with E-state index in [0.717, 1.165) is 37.2 Å². The molecule has 4 heteroatoms. The number of hydrogen-bond donors (Lipinski definition) is 2. The smallest absolute Gasteiger partial charge is 0.230 e. The van der Waals surface area contributed by atoms with Crippen LogP contribution in [0.15, 0.2) is 29.2 Å².